The standard InChI is InChI=1S/C27H32O7/c1-14(2)26-20-8-18(27(29)30)21(28)7-6-17(16-4-5-16)25(20)19-9-23(31-3)24(10-22(19)34-26)33-13-15-11-32-12-15/h8-10,14-17,26H,4-7,11-13H2,1-3H3,(H,29,30)/b18-8+. The van der Waals surface area contributed by atoms with Gasteiger partial charge in [0.25, 0.3) is 0 Å². The van der Waals surface area contributed by atoms with Gasteiger partial charge in [0, 0.05) is 24.0 Å². The highest BCUT2D eigenvalue weighted by Gasteiger charge is 2.42. The number of Topliss-reactive ketones (excluding diaryl/α,β-unsaturated/α-hetero) is 1. The van der Waals surface area contributed by atoms with E-state index in [1.807, 2.05) is 12.1 Å². The number of aliphatic carboxylic acids is 1. The Hall–Kier alpha value is -2.80. The van der Waals surface area contributed by atoms with Gasteiger partial charge in [0.1, 0.15) is 17.4 Å². The second-order valence-electron chi connectivity index (χ2n) is 10.1. The van der Waals surface area contributed by atoms with Crippen molar-refractivity contribution < 1.29 is 33.6 Å². The van der Waals surface area contributed by atoms with E-state index in [0.717, 1.165) is 35.3 Å². The molecule has 0 bridgehead atoms. The lowest BCUT2D eigenvalue weighted by molar-refractivity contribution is -0.134. The second kappa shape index (κ2) is 9.10. The van der Waals surface area contributed by atoms with Gasteiger partial charge in [-0.05, 0) is 60.3 Å². The molecule has 0 aromatic heterocycles. The van der Waals surface area contributed by atoms with E-state index in [-0.39, 0.29) is 35.7 Å². The van der Waals surface area contributed by atoms with Crippen molar-refractivity contribution in [3.05, 3.63) is 34.9 Å². The highest BCUT2D eigenvalue weighted by molar-refractivity contribution is 6.17. The number of hydrogen-bond acceptors (Lipinski definition) is 6. The molecule has 2 unspecified atom stereocenters. The van der Waals surface area contributed by atoms with Crippen LogP contribution in [0.5, 0.6) is 17.2 Å². The summed E-state index contributed by atoms with van der Waals surface area (Å²) in [5.41, 5.74) is 2.67. The average molecular weight is 469 g/mol. The highest BCUT2D eigenvalue weighted by atomic mass is 16.5. The van der Waals surface area contributed by atoms with Crippen LogP contribution in [0.25, 0.3) is 5.57 Å². The predicted molar refractivity (Wildman–Crippen MR) is 125 cm³/mol. The summed E-state index contributed by atoms with van der Waals surface area (Å²) < 4.78 is 23.5. The lowest BCUT2D eigenvalue weighted by Gasteiger charge is -2.37. The highest BCUT2D eigenvalue weighted by Crippen LogP contribution is 2.54. The minimum atomic E-state index is -1.18. The van der Waals surface area contributed by atoms with Crippen LogP contribution in [0.4, 0.5) is 0 Å². The zero-order valence-corrected chi connectivity index (χ0v) is 20.0. The molecule has 182 valence electrons. The van der Waals surface area contributed by atoms with E-state index in [2.05, 4.69) is 13.8 Å². The molecule has 7 heteroatoms. The number of carbonyl (C=O) groups is 2. The Morgan fingerprint density at radius 1 is 1.18 bits per heavy atom. The van der Waals surface area contributed by atoms with Gasteiger partial charge in [-0.2, -0.15) is 0 Å². The number of carboxylic acids is 1. The Kier molecular flexibility index (Phi) is 6.15. The molecule has 2 aliphatic carbocycles. The second-order valence-corrected chi connectivity index (χ2v) is 10.1. The molecule has 1 saturated carbocycles. The summed E-state index contributed by atoms with van der Waals surface area (Å²) in [7, 11) is 1.62. The zero-order chi connectivity index (χ0) is 24.0. The molecule has 5 rings (SSSR count). The fourth-order valence-corrected chi connectivity index (χ4v) is 5.24. The van der Waals surface area contributed by atoms with E-state index in [0.29, 0.717) is 49.6 Å². The van der Waals surface area contributed by atoms with Crippen molar-refractivity contribution in [3.63, 3.8) is 0 Å². The van der Waals surface area contributed by atoms with Crippen LogP contribution in [0.2, 0.25) is 0 Å². The van der Waals surface area contributed by atoms with E-state index < -0.39 is 5.97 Å². The molecule has 1 aromatic carbocycles. The number of carboxylic acid groups (broad SMARTS) is 1. The average Bonchev–Trinajstić information content (AvgIpc) is 3.59. The van der Waals surface area contributed by atoms with Crippen LogP contribution in [0.3, 0.4) is 0 Å². The summed E-state index contributed by atoms with van der Waals surface area (Å²) in [4.78, 5) is 24.7. The normalized spacial score (nSPS) is 26.4. The largest absolute Gasteiger partial charge is 0.493 e. The van der Waals surface area contributed by atoms with Crippen molar-refractivity contribution in [3.8, 4) is 17.2 Å². The summed E-state index contributed by atoms with van der Waals surface area (Å²) in [6, 6.07) is 3.86. The summed E-state index contributed by atoms with van der Waals surface area (Å²) in [5, 5.41) is 9.77. The van der Waals surface area contributed by atoms with Gasteiger partial charge < -0.3 is 24.1 Å². The maximum absolute atomic E-state index is 12.7. The molecule has 2 fully saturated rings. The lowest BCUT2D eigenvalue weighted by Crippen LogP contribution is -2.33. The smallest absolute Gasteiger partial charge is 0.339 e. The minimum Gasteiger partial charge on any atom is -0.493 e. The van der Waals surface area contributed by atoms with E-state index >= 15 is 0 Å². The van der Waals surface area contributed by atoms with Crippen molar-refractivity contribution >= 4 is 17.3 Å². The van der Waals surface area contributed by atoms with Gasteiger partial charge in [-0.15, -0.1) is 0 Å². The number of allylic oxidation sites excluding steroid dienone is 1. The van der Waals surface area contributed by atoms with E-state index in [4.69, 9.17) is 18.9 Å². The minimum absolute atomic E-state index is 0.0809. The third-order valence-corrected chi connectivity index (χ3v) is 7.29. The third kappa shape index (κ3) is 4.22. The number of rotatable bonds is 7. The molecule has 0 amide bonds. The number of ketones is 1. The molecule has 4 aliphatic rings. The fourth-order valence-electron chi connectivity index (χ4n) is 5.24. The maximum Gasteiger partial charge on any atom is 0.339 e. The van der Waals surface area contributed by atoms with Gasteiger partial charge in [-0.1, -0.05) is 13.8 Å². The van der Waals surface area contributed by atoms with Crippen LogP contribution in [0.15, 0.2) is 29.4 Å². The number of hydrogen-bond donors (Lipinski definition) is 1. The van der Waals surface area contributed by atoms with E-state index in [1.54, 1.807) is 13.2 Å². The quantitative estimate of drug-likeness (QED) is 0.597. The Labute approximate surface area is 199 Å². The Bertz CT molecular complexity index is 1060. The number of methoxy groups -OCH3 is 1. The Morgan fingerprint density at radius 3 is 2.53 bits per heavy atom. The van der Waals surface area contributed by atoms with Crippen LogP contribution in [0.1, 0.15) is 45.1 Å². The van der Waals surface area contributed by atoms with Crippen LogP contribution in [-0.2, 0) is 14.3 Å². The molecule has 2 atom stereocenters. The zero-order valence-electron chi connectivity index (χ0n) is 20.0. The first-order valence-corrected chi connectivity index (χ1v) is 12.2. The van der Waals surface area contributed by atoms with Crippen LogP contribution < -0.4 is 14.2 Å². The first-order chi connectivity index (χ1) is 16.4. The van der Waals surface area contributed by atoms with Gasteiger partial charge in [0.05, 0.1) is 26.9 Å². The van der Waals surface area contributed by atoms with Gasteiger partial charge in [-0.25, -0.2) is 4.79 Å². The SMILES string of the molecule is COc1cc2c(cc1OCC1COC1)OC(C(C)C)C1=C2C(C2CC2)CCC(=O)/C(C(=O)O)=C\1. The number of ether oxygens (including phenoxy) is 4. The number of carbonyl (C=O) groups excluding carboxylic acids is 1. The first-order valence-electron chi connectivity index (χ1n) is 12.2. The van der Waals surface area contributed by atoms with E-state index in [9.17, 15) is 14.7 Å². The molecule has 1 saturated heterocycles. The van der Waals surface area contributed by atoms with Crippen LogP contribution >= 0.6 is 0 Å². The van der Waals surface area contributed by atoms with Crippen LogP contribution in [-0.4, -0.2) is 49.9 Å². The Balaban J connectivity index is 1.66. The molecule has 1 N–H and O–H groups in total. The number of benzene rings is 1. The molecule has 1 aromatic rings. The monoisotopic (exact) mass is 468 g/mol. The van der Waals surface area contributed by atoms with E-state index in [1.165, 1.54) is 0 Å². The third-order valence-electron chi connectivity index (χ3n) is 7.29. The molecule has 0 spiro atoms. The van der Waals surface area contributed by atoms with Gasteiger partial charge in [0.2, 0.25) is 0 Å². The van der Waals surface area contributed by atoms with Crippen molar-refractivity contribution in [1.82, 2.24) is 0 Å². The van der Waals surface area contributed by atoms with Crippen molar-refractivity contribution in [2.45, 2.75) is 45.6 Å². The summed E-state index contributed by atoms with van der Waals surface area (Å²) in [6.45, 7) is 6.07. The number of fused-ring (bicyclic) bond motifs is 2. The molecule has 2 aliphatic heterocycles. The van der Waals surface area contributed by atoms with Crippen molar-refractivity contribution in [2.24, 2.45) is 23.7 Å². The lowest BCUT2D eigenvalue weighted by atomic mass is 9.75. The molecular weight excluding hydrogens is 436 g/mol. The van der Waals surface area contributed by atoms with Gasteiger partial charge in [-0.3, -0.25) is 4.79 Å². The fraction of sp³-hybridized carbons (Fsp3) is 0.556. The molecule has 2 heterocycles. The van der Waals surface area contributed by atoms with Gasteiger partial charge >= 0.3 is 5.97 Å². The Morgan fingerprint density at radius 2 is 1.94 bits per heavy atom. The topological polar surface area (TPSA) is 91.3 Å². The van der Waals surface area contributed by atoms with Crippen molar-refractivity contribution in [1.29, 1.82) is 0 Å². The van der Waals surface area contributed by atoms with Gasteiger partial charge in [0.15, 0.2) is 17.3 Å². The van der Waals surface area contributed by atoms with Crippen LogP contribution in [0, 0.1) is 23.7 Å². The maximum atomic E-state index is 12.7. The molecule has 0 radical (unpaired) electrons. The van der Waals surface area contributed by atoms with Crippen molar-refractivity contribution in [2.75, 3.05) is 26.9 Å². The summed E-state index contributed by atoms with van der Waals surface area (Å²) in [5.74, 6) is 1.61. The summed E-state index contributed by atoms with van der Waals surface area (Å²) in [6.07, 6.45) is 4.34. The first kappa shape index (κ1) is 23.0. The predicted octanol–water partition coefficient (Wildman–Crippen LogP) is 4.29. The molecule has 7 nitrogen and oxygen atoms in total. The molecular formula is C27H32O7. The molecule has 34 heavy (non-hydrogen) atoms. The summed E-state index contributed by atoms with van der Waals surface area (Å²) >= 11 is 0.